The van der Waals surface area contributed by atoms with E-state index < -0.39 is 0 Å². The molecule has 0 fully saturated rings. The van der Waals surface area contributed by atoms with Crippen LogP contribution in [0.25, 0.3) is 0 Å². The molecule has 0 saturated carbocycles. The van der Waals surface area contributed by atoms with E-state index in [-0.39, 0.29) is 0 Å². The van der Waals surface area contributed by atoms with Crippen LogP contribution in [0.4, 0.5) is 5.69 Å². The fourth-order valence-electron chi connectivity index (χ4n) is 1.37. The molecule has 0 aromatic heterocycles. The van der Waals surface area contributed by atoms with Gasteiger partial charge in [0.1, 0.15) is 0 Å². The number of rotatable bonds is 0. The van der Waals surface area contributed by atoms with E-state index >= 15 is 0 Å². The Balaban J connectivity index is 2.64. The number of nitrogens with one attached hydrogen (secondary N) is 1. The number of hydrogen-bond donors (Lipinski definition) is 1. The Bertz CT molecular complexity index is 265. The van der Waals surface area contributed by atoms with Crippen LogP contribution in [0.1, 0.15) is 11.1 Å². The minimum absolute atomic E-state index is 1.03. The van der Waals surface area contributed by atoms with Gasteiger partial charge in [-0.1, -0.05) is 12.1 Å². The van der Waals surface area contributed by atoms with Gasteiger partial charge in [0.15, 0.2) is 0 Å². The number of anilines is 1. The Labute approximate surface area is 71.2 Å². The normalized spacial score (nSPS) is 14.4. The molecule has 1 heterocycles. The van der Waals surface area contributed by atoms with Crippen molar-refractivity contribution in [3.8, 4) is 0 Å². The van der Waals surface area contributed by atoms with Gasteiger partial charge in [-0.2, -0.15) is 0 Å². The zero-order valence-electron chi connectivity index (χ0n) is 6.77. The summed E-state index contributed by atoms with van der Waals surface area (Å²) in [5.74, 6) is 1.03. The first kappa shape index (κ1) is 7.04. The second kappa shape index (κ2) is 2.45. The van der Waals surface area contributed by atoms with E-state index in [1.807, 2.05) is 11.8 Å². The zero-order chi connectivity index (χ0) is 7.84. The van der Waals surface area contributed by atoms with Crippen molar-refractivity contribution in [2.24, 2.45) is 0 Å². The summed E-state index contributed by atoms with van der Waals surface area (Å²) in [5.41, 5.74) is 4.09. The van der Waals surface area contributed by atoms with Crippen molar-refractivity contribution in [1.82, 2.24) is 0 Å². The van der Waals surface area contributed by atoms with Crippen LogP contribution in [0, 0.1) is 13.8 Å². The molecule has 11 heavy (non-hydrogen) atoms. The maximum Gasteiger partial charge on any atom is 0.0658 e. The number of thioether (sulfide) groups is 1. The standard InChI is InChI=1S/C9H11NS/c1-6-3-4-7(2)9-8(6)10-5-11-9/h3-4,10H,5H2,1-2H3. The van der Waals surface area contributed by atoms with E-state index in [1.165, 1.54) is 21.7 Å². The highest BCUT2D eigenvalue weighted by Gasteiger charge is 2.14. The minimum Gasteiger partial charge on any atom is -0.375 e. The maximum absolute atomic E-state index is 3.37. The molecule has 1 nitrogen and oxygen atoms in total. The Morgan fingerprint density at radius 2 is 2.00 bits per heavy atom. The molecule has 1 N–H and O–H groups in total. The van der Waals surface area contributed by atoms with Crippen LogP contribution in [0.3, 0.4) is 0 Å². The SMILES string of the molecule is Cc1ccc(C)c2c1NCS2. The third-order valence-electron chi connectivity index (χ3n) is 2.03. The molecule has 1 aliphatic heterocycles. The number of hydrogen-bond acceptors (Lipinski definition) is 2. The van der Waals surface area contributed by atoms with Crippen LogP contribution in [-0.2, 0) is 0 Å². The van der Waals surface area contributed by atoms with Gasteiger partial charge in [-0.15, -0.1) is 11.8 Å². The summed E-state index contributed by atoms with van der Waals surface area (Å²) in [7, 11) is 0. The first-order valence-corrected chi connectivity index (χ1v) is 4.74. The van der Waals surface area contributed by atoms with Crippen LogP contribution in [-0.4, -0.2) is 5.88 Å². The largest absolute Gasteiger partial charge is 0.375 e. The Kier molecular flexibility index (Phi) is 1.57. The fraction of sp³-hybridized carbons (Fsp3) is 0.333. The number of aryl methyl sites for hydroxylation is 2. The summed E-state index contributed by atoms with van der Waals surface area (Å²) < 4.78 is 0. The van der Waals surface area contributed by atoms with Gasteiger partial charge in [0, 0.05) is 4.90 Å². The molecular weight excluding hydrogens is 154 g/mol. The van der Waals surface area contributed by atoms with E-state index in [0.29, 0.717) is 0 Å². The molecule has 58 valence electrons. The average molecular weight is 165 g/mol. The first-order valence-electron chi connectivity index (χ1n) is 3.76. The molecule has 1 aromatic rings. The van der Waals surface area contributed by atoms with E-state index in [9.17, 15) is 0 Å². The van der Waals surface area contributed by atoms with Crippen molar-refractivity contribution in [1.29, 1.82) is 0 Å². The molecule has 0 radical (unpaired) electrons. The summed E-state index contributed by atoms with van der Waals surface area (Å²) in [5, 5.41) is 3.37. The first-order chi connectivity index (χ1) is 5.29. The van der Waals surface area contributed by atoms with Crippen molar-refractivity contribution < 1.29 is 0 Å². The van der Waals surface area contributed by atoms with E-state index in [1.54, 1.807) is 0 Å². The summed E-state index contributed by atoms with van der Waals surface area (Å²) >= 11 is 1.90. The molecule has 0 amide bonds. The molecule has 2 heteroatoms. The van der Waals surface area contributed by atoms with E-state index in [0.717, 1.165) is 5.88 Å². The van der Waals surface area contributed by atoms with Crippen LogP contribution < -0.4 is 5.32 Å². The molecule has 0 saturated heterocycles. The van der Waals surface area contributed by atoms with E-state index in [4.69, 9.17) is 0 Å². The van der Waals surface area contributed by atoms with Crippen LogP contribution in [0.5, 0.6) is 0 Å². The van der Waals surface area contributed by atoms with Gasteiger partial charge >= 0.3 is 0 Å². The minimum atomic E-state index is 1.03. The summed E-state index contributed by atoms with van der Waals surface area (Å²) in [4.78, 5) is 1.44. The molecule has 0 atom stereocenters. The Morgan fingerprint density at radius 1 is 1.27 bits per heavy atom. The highest BCUT2D eigenvalue weighted by atomic mass is 32.2. The van der Waals surface area contributed by atoms with Crippen molar-refractivity contribution in [3.05, 3.63) is 23.3 Å². The lowest BCUT2D eigenvalue weighted by Gasteiger charge is -2.04. The number of fused-ring (bicyclic) bond motifs is 1. The van der Waals surface area contributed by atoms with Crippen LogP contribution in [0.15, 0.2) is 17.0 Å². The van der Waals surface area contributed by atoms with Crippen molar-refractivity contribution in [2.45, 2.75) is 18.7 Å². The summed E-state index contributed by atoms with van der Waals surface area (Å²) in [6, 6.07) is 4.36. The smallest absolute Gasteiger partial charge is 0.0658 e. The topological polar surface area (TPSA) is 12.0 Å². The predicted octanol–water partition coefficient (Wildman–Crippen LogP) is 2.78. The van der Waals surface area contributed by atoms with Crippen LogP contribution in [0.2, 0.25) is 0 Å². The maximum atomic E-state index is 3.37. The Morgan fingerprint density at radius 3 is 2.73 bits per heavy atom. The highest BCUT2D eigenvalue weighted by Crippen LogP contribution is 2.38. The third-order valence-corrected chi connectivity index (χ3v) is 3.13. The highest BCUT2D eigenvalue weighted by molar-refractivity contribution is 8.00. The van der Waals surface area contributed by atoms with Gasteiger partial charge in [0.05, 0.1) is 11.6 Å². The molecule has 1 aliphatic rings. The van der Waals surface area contributed by atoms with Crippen molar-refractivity contribution >= 4 is 17.4 Å². The van der Waals surface area contributed by atoms with Crippen LogP contribution >= 0.6 is 11.8 Å². The molecule has 1 aromatic carbocycles. The van der Waals surface area contributed by atoms with Crippen molar-refractivity contribution in [3.63, 3.8) is 0 Å². The van der Waals surface area contributed by atoms with Gasteiger partial charge in [0.25, 0.3) is 0 Å². The van der Waals surface area contributed by atoms with Crippen molar-refractivity contribution in [2.75, 3.05) is 11.2 Å². The predicted molar refractivity (Wildman–Crippen MR) is 50.3 cm³/mol. The van der Waals surface area contributed by atoms with Gasteiger partial charge in [-0.25, -0.2) is 0 Å². The summed E-state index contributed by atoms with van der Waals surface area (Å²) in [6.07, 6.45) is 0. The third kappa shape index (κ3) is 1.02. The Hall–Kier alpha value is -0.630. The average Bonchev–Trinajstić information content (AvgIpc) is 2.45. The van der Waals surface area contributed by atoms with Gasteiger partial charge in [-0.05, 0) is 25.0 Å². The quantitative estimate of drug-likeness (QED) is 0.634. The second-order valence-electron chi connectivity index (χ2n) is 2.87. The lowest BCUT2D eigenvalue weighted by Crippen LogP contribution is -1.91. The molecule has 0 aliphatic carbocycles. The molecular formula is C9H11NS. The zero-order valence-corrected chi connectivity index (χ0v) is 7.59. The van der Waals surface area contributed by atoms with Gasteiger partial charge < -0.3 is 5.32 Å². The summed E-state index contributed by atoms with van der Waals surface area (Å²) in [6.45, 7) is 4.31. The lowest BCUT2D eigenvalue weighted by atomic mass is 10.1. The lowest BCUT2D eigenvalue weighted by molar-refractivity contribution is 1.27. The molecule has 0 bridgehead atoms. The van der Waals surface area contributed by atoms with Gasteiger partial charge in [-0.3, -0.25) is 0 Å². The molecule has 2 rings (SSSR count). The second-order valence-corrected chi connectivity index (χ2v) is 3.85. The molecule has 0 spiro atoms. The fourth-order valence-corrected chi connectivity index (χ4v) is 2.41. The molecule has 0 unspecified atom stereocenters. The van der Waals surface area contributed by atoms with Gasteiger partial charge in [0.2, 0.25) is 0 Å². The monoisotopic (exact) mass is 165 g/mol. The van der Waals surface area contributed by atoms with E-state index in [2.05, 4.69) is 31.3 Å². The number of benzene rings is 1.